The number of hydrogen-bond acceptors (Lipinski definition) is 4. The predicted octanol–water partition coefficient (Wildman–Crippen LogP) is 4.12. The fraction of sp³-hybridized carbons (Fsp3) is 0.583. The van der Waals surface area contributed by atoms with E-state index >= 15 is 0 Å². The minimum absolute atomic E-state index is 0.119. The number of thiazole rings is 1. The molecule has 164 valence electrons. The Balaban J connectivity index is 1.39. The molecule has 3 rings (SSSR count). The van der Waals surface area contributed by atoms with Crippen molar-refractivity contribution in [3.05, 3.63) is 51.5 Å². The third-order valence-electron chi connectivity index (χ3n) is 5.76. The van der Waals surface area contributed by atoms with E-state index in [-0.39, 0.29) is 5.41 Å². The van der Waals surface area contributed by atoms with Gasteiger partial charge in [-0.2, -0.15) is 0 Å². The van der Waals surface area contributed by atoms with Gasteiger partial charge in [0.1, 0.15) is 0 Å². The minimum atomic E-state index is 0.119. The molecule has 0 spiro atoms. The molecule has 0 radical (unpaired) electrons. The van der Waals surface area contributed by atoms with E-state index in [4.69, 9.17) is 4.98 Å². The molecule has 0 unspecified atom stereocenters. The number of nitrogens with zero attached hydrogens (tertiary/aromatic N) is 3. The molecule has 2 aromatic rings. The Morgan fingerprint density at radius 2 is 1.97 bits per heavy atom. The van der Waals surface area contributed by atoms with Gasteiger partial charge >= 0.3 is 0 Å². The van der Waals surface area contributed by atoms with E-state index in [1.54, 1.807) is 11.3 Å². The SMILES string of the molecule is CN=C(NCCc1nc(C(C)(C)C)cs1)NC1CCN(Cc2ccccc2C)CC1. The van der Waals surface area contributed by atoms with Crippen LogP contribution in [0.5, 0.6) is 0 Å². The van der Waals surface area contributed by atoms with E-state index < -0.39 is 0 Å². The Morgan fingerprint density at radius 3 is 2.60 bits per heavy atom. The summed E-state index contributed by atoms with van der Waals surface area (Å²) in [7, 11) is 1.85. The summed E-state index contributed by atoms with van der Waals surface area (Å²) in [5, 5.41) is 10.5. The van der Waals surface area contributed by atoms with Crippen LogP contribution in [0.3, 0.4) is 0 Å². The summed E-state index contributed by atoms with van der Waals surface area (Å²) in [6, 6.07) is 9.19. The maximum absolute atomic E-state index is 4.78. The maximum Gasteiger partial charge on any atom is 0.191 e. The Kier molecular flexibility index (Phi) is 7.89. The molecule has 2 heterocycles. The van der Waals surface area contributed by atoms with Gasteiger partial charge in [-0.05, 0) is 30.9 Å². The largest absolute Gasteiger partial charge is 0.356 e. The summed E-state index contributed by atoms with van der Waals surface area (Å²) in [5.74, 6) is 0.903. The molecule has 1 aliphatic heterocycles. The number of nitrogens with one attached hydrogen (secondary N) is 2. The summed E-state index contributed by atoms with van der Waals surface area (Å²) in [4.78, 5) is 11.8. The van der Waals surface area contributed by atoms with Gasteiger partial charge < -0.3 is 10.6 Å². The van der Waals surface area contributed by atoms with E-state index in [1.807, 2.05) is 7.05 Å². The quantitative estimate of drug-likeness (QED) is 0.538. The lowest BCUT2D eigenvalue weighted by Gasteiger charge is -2.33. The van der Waals surface area contributed by atoms with Crippen molar-refractivity contribution < 1.29 is 0 Å². The predicted molar refractivity (Wildman–Crippen MR) is 128 cm³/mol. The standard InChI is InChI=1S/C24H37N5S/c1-18-8-6-7-9-19(18)16-29-14-11-20(12-15-29)27-23(25-5)26-13-10-22-28-21(17-30-22)24(2,3)4/h6-9,17,20H,10-16H2,1-5H3,(H2,25,26,27). The molecule has 0 aliphatic carbocycles. The van der Waals surface area contributed by atoms with Crippen LogP contribution in [-0.4, -0.2) is 48.6 Å². The van der Waals surface area contributed by atoms with E-state index in [2.05, 4.69) is 77.9 Å². The fourth-order valence-electron chi connectivity index (χ4n) is 3.71. The van der Waals surface area contributed by atoms with Gasteiger partial charge in [-0.15, -0.1) is 11.3 Å². The number of aliphatic imine (C=N–C) groups is 1. The summed E-state index contributed by atoms with van der Waals surface area (Å²) < 4.78 is 0. The molecule has 0 saturated carbocycles. The minimum Gasteiger partial charge on any atom is -0.356 e. The van der Waals surface area contributed by atoms with Crippen LogP contribution in [0.25, 0.3) is 0 Å². The first-order chi connectivity index (χ1) is 14.3. The van der Waals surface area contributed by atoms with E-state index in [1.165, 1.54) is 21.8 Å². The molecule has 0 amide bonds. The van der Waals surface area contributed by atoms with Crippen LogP contribution in [0, 0.1) is 6.92 Å². The number of aromatic nitrogens is 1. The Bertz CT molecular complexity index is 828. The summed E-state index contributed by atoms with van der Waals surface area (Å²) in [6.45, 7) is 13.0. The van der Waals surface area contributed by atoms with Gasteiger partial charge in [-0.25, -0.2) is 4.98 Å². The topological polar surface area (TPSA) is 52.6 Å². The number of aryl methyl sites for hydroxylation is 1. The van der Waals surface area contributed by atoms with Gasteiger partial charge in [0.05, 0.1) is 10.7 Å². The van der Waals surface area contributed by atoms with Crippen LogP contribution in [0.2, 0.25) is 0 Å². The van der Waals surface area contributed by atoms with Crippen LogP contribution in [0.4, 0.5) is 0 Å². The number of piperidine rings is 1. The summed E-state index contributed by atoms with van der Waals surface area (Å²) in [6.07, 6.45) is 3.22. The van der Waals surface area contributed by atoms with E-state index in [0.717, 1.165) is 51.4 Å². The van der Waals surface area contributed by atoms with Gasteiger partial charge in [-0.3, -0.25) is 9.89 Å². The molecular weight excluding hydrogens is 390 g/mol. The molecule has 5 nitrogen and oxygen atoms in total. The molecule has 1 aliphatic rings. The van der Waals surface area contributed by atoms with E-state index in [9.17, 15) is 0 Å². The lowest BCUT2D eigenvalue weighted by Crippen LogP contribution is -2.48. The van der Waals surface area contributed by atoms with Crippen LogP contribution in [0.1, 0.15) is 55.4 Å². The van der Waals surface area contributed by atoms with E-state index in [0.29, 0.717) is 6.04 Å². The summed E-state index contributed by atoms with van der Waals surface area (Å²) in [5.41, 5.74) is 4.13. The third-order valence-corrected chi connectivity index (χ3v) is 6.67. The molecule has 1 aromatic heterocycles. The zero-order valence-corrected chi connectivity index (χ0v) is 20.0. The van der Waals surface area contributed by atoms with Gasteiger partial charge in [0.2, 0.25) is 0 Å². The van der Waals surface area contributed by atoms with Crippen LogP contribution >= 0.6 is 11.3 Å². The molecule has 0 bridgehead atoms. The average Bonchev–Trinajstić information content (AvgIpc) is 3.20. The highest BCUT2D eigenvalue weighted by molar-refractivity contribution is 7.09. The van der Waals surface area contributed by atoms with Crippen molar-refractivity contribution in [2.75, 3.05) is 26.7 Å². The van der Waals surface area contributed by atoms with Crippen molar-refractivity contribution in [2.45, 2.75) is 65.0 Å². The fourth-order valence-corrected chi connectivity index (χ4v) is 4.73. The molecular formula is C24H37N5S. The highest BCUT2D eigenvalue weighted by Crippen LogP contribution is 2.24. The second kappa shape index (κ2) is 10.4. The first kappa shape index (κ1) is 22.8. The van der Waals surface area contributed by atoms with Crippen molar-refractivity contribution in [1.82, 2.24) is 20.5 Å². The molecule has 1 aromatic carbocycles. The lowest BCUT2D eigenvalue weighted by atomic mass is 9.93. The van der Waals surface area contributed by atoms with Crippen molar-refractivity contribution in [3.8, 4) is 0 Å². The molecule has 0 atom stereocenters. The highest BCUT2D eigenvalue weighted by atomic mass is 32.1. The molecule has 30 heavy (non-hydrogen) atoms. The zero-order valence-electron chi connectivity index (χ0n) is 19.2. The molecule has 1 fully saturated rings. The van der Waals surface area contributed by atoms with Crippen molar-refractivity contribution in [1.29, 1.82) is 0 Å². The normalized spacial score (nSPS) is 16.6. The lowest BCUT2D eigenvalue weighted by molar-refractivity contribution is 0.198. The second-order valence-electron chi connectivity index (χ2n) is 9.25. The number of likely N-dealkylation sites (tertiary alicyclic amines) is 1. The molecule has 6 heteroatoms. The van der Waals surface area contributed by atoms with Gasteiger partial charge in [0.15, 0.2) is 5.96 Å². The maximum atomic E-state index is 4.78. The van der Waals surface area contributed by atoms with Crippen LogP contribution < -0.4 is 10.6 Å². The average molecular weight is 428 g/mol. The molecule has 2 N–H and O–H groups in total. The van der Waals surface area contributed by atoms with Gasteiger partial charge in [0.25, 0.3) is 0 Å². The highest BCUT2D eigenvalue weighted by Gasteiger charge is 2.21. The Hall–Kier alpha value is -1.92. The number of hydrogen-bond donors (Lipinski definition) is 2. The first-order valence-electron chi connectivity index (χ1n) is 11.0. The molecule has 1 saturated heterocycles. The number of benzene rings is 1. The summed E-state index contributed by atoms with van der Waals surface area (Å²) >= 11 is 1.76. The number of rotatable bonds is 6. The van der Waals surface area contributed by atoms with Crippen molar-refractivity contribution >= 4 is 17.3 Å². The number of guanidine groups is 1. The van der Waals surface area contributed by atoms with Gasteiger partial charge in [-0.1, -0.05) is 45.0 Å². The second-order valence-corrected chi connectivity index (χ2v) is 10.2. The Morgan fingerprint density at radius 1 is 1.23 bits per heavy atom. The Labute approximate surface area is 186 Å². The van der Waals surface area contributed by atoms with Crippen molar-refractivity contribution in [2.24, 2.45) is 4.99 Å². The zero-order chi connectivity index (χ0) is 21.6. The monoisotopic (exact) mass is 427 g/mol. The van der Waals surface area contributed by atoms with Crippen LogP contribution in [-0.2, 0) is 18.4 Å². The van der Waals surface area contributed by atoms with Crippen LogP contribution in [0.15, 0.2) is 34.6 Å². The first-order valence-corrected chi connectivity index (χ1v) is 11.9. The third kappa shape index (κ3) is 6.54. The van der Waals surface area contributed by atoms with Crippen molar-refractivity contribution in [3.63, 3.8) is 0 Å². The smallest absolute Gasteiger partial charge is 0.191 e. The van der Waals surface area contributed by atoms with Gasteiger partial charge in [0, 0.05) is 56.5 Å².